The van der Waals surface area contributed by atoms with Crippen LogP contribution in [0.1, 0.15) is 18.1 Å². The van der Waals surface area contributed by atoms with Crippen LogP contribution in [0.3, 0.4) is 0 Å². The molecule has 8 heteroatoms. The van der Waals surface area contributed by atoms with Crippen molar-refractivity contribution >= 4 is 11.9 Å². The highest BCUT2D eigenvalue weighted by molar-refractivity contribution is 6.00. The van der Waals surface area contributed by atoms with Crippen LogP contribution < -0.4 is 10.7 Å². The summed E-state index contributed by atoms with van der Waals surface area (Å²) in [7, 11) is 0. The van der Waals surface area contributed by atoms with Gasteiger partial charge in [-0.15, -0.1) is 0 Å². The van der Waals surface area contributed by atoms with E-state index in [0.717, 1.165) is 11.1 Å². The Morgan fingerprint density at radius 2 is 2.16 bits per heavy atom. The van der Waals surface area contributed by atoms with Crippen molar-refractivity contribution in [1.29, 1.82) is 0 Å². The van der Waals surface area contributed by atoms with E-state index in [-0.39, 0.29) is 12.4 Å². The summed E-state index contributed by atoms with van der Waals surface area (Å²) >= 11 is 0. The number of hydrazine groups is 1. The lowest BCUT2D eigenvalue weighted by Crippen LogP contribution is -2.51. The van der Waals surface area contributed by atoms with Gasteiger partial charge in [0.25, 0.3) is 0 Å². The van der Waals surface area contributed by atoms with Crippen molar-refractivity contribution in [3.63, 3.8) is 0 Å². The zero-order valence-corrected chi connectivity index (χ0v) is 13.6. The Bertz CT molecular complexity index is 751. The average Bonchev–Trinajstić information content (AvgIpc) is 3.07. The lowest BCUT2D eigenvalue weighted by molar-refractivity contribution is 0.0784. The average molecular weight is 343 g/mol. The van der Waals surface area contributed by atoms with Crippen LogP contribution in [0.25, 0.3) is 0 Å². The molecule has 1 aromatic carbocycles. The summed E-state index contributed by atoms with van der Waals surface area (Å²) < 4.78 is 18.0. The minimum absolute atomic E-state index is 0.254. The number of nitrogens with zero attached hydrogens (tertiary/aromatic N) is 3. The fourth-order valence-electron chi connectivity index (χ4n) is 2.31. The van der Waals surface area contributed by atoms with Crippen molar-refractivity contribution in [3.8, 4) is 0 Å². The third-order valence-corrected chi connectivity index (χ3v) is 3.52. The Morgan fingerprint density at radius 3 is 2.84 bits per heavy atom. The quantitative estimate of drug-likeness (QED) is 0.868. The van der Waals surface area contributed by atoms with Gasteiger partial charge in [-0.1, -0.05) is 12.1 Å². The monoisotopic (exact) mass is 343 g/mol. The van der Waals surface area contributed by atoms with Gasteiger partial charge in [0.15, 0.2) is 5.84 Å². The molecular formula is C17H18FN5O2. The number of carbonyl (C=O) groups excluding carboxylic acids is 1. The van der Waals surface area contributed by atoms with Crippen LogP contribution in [-0.2, 0) is 11.3 Å². The molecule has 2 N–H and O–H groups in total. The van der Waals surface area contributed by atoms with Crippen LogP contribution in [0, 0.1) is 5.82 Å². The highest BCUT2D eigenvalue weighted by atomic mass is 19.1. The van der Waals surface area contributed by atoms with Gasteiger partial charge in [0.1, 0.15) is 5.82 Å². The Morgan fingerprint density at radius 1 is 1.36 bits per heavy atom. The van der Waals surface area contributed by atoms with Crippen LogP contribution in [0.15, 0.2) is 53.8 Å². The van der Waals surface area contributed by atoms with Crippen LogP contribution in [0.4, 0.5) is 9.18 Å². The highest BCUT2D eigenvalue weighted by Gasteiger charge is 2.31. The van der Waals surface area contributed by atoms with Crippen molar-refractivity contribution in [3.05, 3.63) is 65.7 Å². The van der Waals surface area contributed by atoms with Crippen LogP contribution in [-0.4, -0.2) is 34.8 Å². The number of ether oxygens (including phenoxy) is 1. The number of aliphatic imine (C=N–C) groups is 1. The standard InChI is InChI=1S/C17H18FN5O2/c1-2-25-17(24)23-16(20-10-12-5-7-14(18)8-6-12)21-15(22-23)13-4-3-9-19-11-13/h3-9,11,16,20H,2,10H2,1H3,(H,21,22). The Kier molecular flexibility index (Phi) is 5.20. The van der Waals surface area contributed by atoms with E-state index >= 15 is 0 Å². The second-order valence-electron chi connectivity index (χ2n) is 5.28. The molecule has 1 aliphatic rings. The van der Waals surface area contributed by atoms with Gasteiger partial charge >= 0.3 is 6.09 Å². The van der Waals surface area contributed by atoms with Crippen molar-refractivity contribution in [1.82, 2.24) is 20.7 Å². The number of amidine groups is 1. The molecule has 3 rings (SSSR count). The molecule has 0 spiro atoms. The molecule has 0 saturated carbocycles. The predicted octanol–water partition coefficient (Wildman–Crippen LogP) is 2.02. The van der Waals surface area contributed by atoms with E-state index in [2.05, 4.69) is 20.7 Å². The summed E-state index contributed by atoms with van der Waals surface area (Å²) in [5, 5.41) is 4.41. The predicted molar refractivity (Wildman–Crippen MR) is 89.8 cm³/mol. The fraction of sp³-hybridized carbons (Fsp3) is 0.235. The maximum atomic E-state index is 13.0. The number of pyridine rings is 1. The van der Waals surface area contributed by atoms with Gasteiger partial charge in [0, 0.05) is 24.5 Å². The first kappa shape index (κ1) is 16.8. The van der Waals surface area contributed by atoms with Crippen molar-refractivity contribution in [2.75, 3.05) is 6.61 Å². The first-order valence-corrected chi connectivity index (χ1v) is 7.86. The van der Waals surface area contributed by atoms with Gasteiger partial charge in [-0.3, -0.25) is 15.7 Å². The molecule has 2 heterocycles. The molecule has 1 amide bonds. The molecule has 0 aliphatic carbocycles. The molecule has 1 unspecified atom stereocenters. The molecule has 0 bridgehead atoms. The van der Waals surface area contributed by atoms with Crippen LogP contribution in [0.5, 0.6) is 0 Å². The molecule has 1 aliphatic heterocycles. The van der Waals surface area contributed by atoms with Crippen molar-refractivity contribution < 1.29 is 13.9 Å². The molecular weight excluding hydrogens is 325 g/mol. The van der Waals surface area contributed by atoms with E-state index < -0.39 is 12.4 Å². The number of halogens is 1. The van der Waals surface area contributed by atoms with E-state index in [9.17, 15) is 9.18 Å². The summed E-state index contributed by atoms with van der Waals surface area (Å²) in [5.41, 5.74) is 4.56. The second kappa shape index (κ2) is 7.71. The van der Waals surface area contributed by atoms with Crippen LogP contribution >= 0.6 is 0 Å². The number of carbonyl (C=O) groups is 1. The van der Waals surface area contributed by atoms with Crippen LogP contribution in [0.2, 0.25) is 0 Å². The summed E-state index contributed by atoms with van der Waals surface area (Å²) in [6.45, 7) is 2.40. The van der Waals surface area contributed by atoms with Gasteiger partial charge < -0.3 is 4.74 Å². The molecule has 0 radical (unpaired) electrons. The Hall–Kier alpha value is -3.00. The van der Waals surface area contributed by atoms with Gasteiger partial charge in [-0.2, -0.15) is 5.01 Å². The Labute approximate surface area is 144 Å². The van der Waals surface area contributed by atoms with Gasteiger partial charge in [0.05, 0.1) is 6.61 Å². The maximum Gasteiger partial charge on any atom is 0.431 e. The molecule has 0 saturated heterocycles. The lowest BCUT2D eigenvalue weighted by Gasteiger charge is -2.23. The molecule has 1 aromatic heterocycles. The summed E-state index contributed by atoms with van der Waals surface area (Å²) in [5.74, 6) is 0.217. The lowest BCUT2D eigenvalue weighted by atomic mass is 10.2. The smallest absolute Gasteiger partial charge is 0.431 e. The third kappa shape index (κ3) is 4.10. The van der Waals surface area contributed by atoms with Crippen molar-refractivity contribution in [2.24, 2.45) is 4.99 Å². The largest absolute Gasteiger partial charge is 0.448 e. The summed E-state index contributed by atoms with van der Waals surface area (Å²) in [6.07, 6.45) is 2.12. The normalized spacial score (nSPS) is 16.3. The number of amides is 1. The molecule has 130 valence electrons. The molecule has 1 atom stereocenters. The summed E-state index contributed by atoms with van der Waals surface area (Å²) in [6, 6.07) is 9.74. The summed E-state index contributed by atoms with van der Waals surface area (Å²) in [4.78, 5) is 20.7. The number of hydrogen-bond donors (Lipinski definition) is 2. The fourth-order valence-corrected chi connectivity index (χ4v) is 2.31. The first-order chi connectivity index (χ1) is 12.2. The van der Waals surface area contributed by atoms with E-state index in [0.29, 0.717) is 12.4 Å². The van der Waals surface area contributed by atoms with E-state index in [1.165, 1.54) is 17.1 Å². The maximum absolute atomic E-state index is 13.0. The van der Waals surface area contributed by atoms with E-state index in [1.807, 2.05) is 6.07 Å². The first-order valence-electron chi connectivity index (χ1n) is 7.86. The molecule has 2 aromatic rings. The zero-order valence-electron chi connectivity index (χ0n) is 13.6. The zero-order chi connectivity index (χ0) is 17.6. The number of nitrogens with one attached hydrogen (secondary N) is 2. The second-order valence-corrected chi connectivity index (χ2v) is 5.28. The van der Waals surface area contributed by atoms with Crippen molar-refractivity contribution in [2.45, 2.75) is 19.8 Å². The minimum Gasteiger partial charge on any atom is -0.448 e. The SMILES string of the molecule is CCOC(=O)N1NC(c2cccnc2)=NC1NCc1ccc(F)cc1. The molecule has 25 heavy (non-hydrogen) atoms. The molecule has 7 nitrogen and oxygen atoms in total. The highest BCUT2D eigenvalue weighted by Crippen LogP contribution is 2.12. The Balaban J connectivity index is 1.74. The number of aromatic nitrogens is 1. The van der Waals surface area contributed by atoms with E-state index in [1.54, 1.807) is 37.5 Å². The van der Waals surface area contributed by atoms with Gasteiger partial charge in [0.2, 0.25) is 6.29 Å². The number of hydrogen-bond acceptors (Lipinski definition) is 6. The topological polar surface area (TPSA) is 78.8 Å². The number of rotatable bonds is 5. The van der Waals surface area contributed by atoms with Gasteiger partial charge in [-0.05, 0) is 36.8 Å². The van der Waals surface area contributed by atoms with E-state index in [4.69, 9.17) is 4.74 Å². The number of benzene rings is 1. The minimum atomic E-state index is -0.653. The molecule has 0 fully saturated rings. The van der Waals surface area contributed by atoms with Gasteiger partial charge in [-0.25, -0.2) is 14.2 Å². The third-order valence-electron chi connectivity index (χ3n) is 3.52.